The summed E-state index contributed by atoms with van der Waals surface area (Å²) in [6.07, 6.45) is 2.26. The second-order valence-corrected chi connectivity index (χ2v) is 6.64. The average Bonchev–Trinajstić information content (AvgIpc) is 2.32. The summed E-state index contributed by atoms with van der Waals surface area (Å²) in [5.41, 5.74) is -0.0546. The van der Waals surface area contributed by atoms with E-state index in [0.717, 1.165) is 0 Å². The Morgan fingerprint density at radius 1 is 1.33 bits per heavy atom. The van der Waals surface area contributed by atoms with Crippen LogP contribution in [0.3, 0.4) is 0 Å². The smallest absolute Gasteiger partial charge is 0.251 e. The highest BCUT2D eigenvalue weighted by Crippen LogP contribution is 2.12. The van der Waals surface area contributed by atoms with Gasteiger partial charge in [-0.25, -0.2) is 8.42 Å². The minimum Gasteiger partial charge on any atom is -0.349 e. The second-order valence-electron chi connectivity index (χ2n) is 4.34. The van der Waals surface area contributed by atoms with Crippen LogP contribution in [0.5, 0.6) is 0 Å². The highest BCUT2D eigenvalue weighted by molar-refractivity contribution is 7.91. The first-order valence-corrected chi connectivity index (χ1v) is 7.48. The average molecular weight is 270 g/mol. The van der Waals surface area contributed by atoms with Crippen LogP contribution in [0.25, 0.3) is 0 Å². The summed E-state index contributed by atoms with van der Waals surface area (Å²) in [5, 5.41) is 2.74. The van der Waals surface area contributed by atoms with Crippen molar-refractivity contribution in [2.45, 2.75) is 18.9 Å². The minimum atomic E-state index is -2.93. The van der Waals surface area contributed by atoms with Gasteiger partial charge >= 0.3 is 0 Å². The molecule has 0 unspecified atom stereocenters. The van der Waals surface area contributed by atoms with E-state index in [2.05, 4.69) is 10.3 Å². The van der Waals surface area contributed by atoms with Crippen molar-refractivity contribution in [3.8, 4) is 0 Å². The lowest BCUT2D eigenvalue weighted by Crippen LogP contribution is -2.41. The van der Waals surface area contributed by atoms with E-state index in [1.54, 1.807) is 0 Å². The van der Waals surface area contributed by atoms with E-state index in [0.29, 0.717) is 12.8 Å². The van der Waals surface area contributed by atoms with Crippen LogP contribution in [0.2, 0.25) is 0 Å². The van der Waals surface area contributed by atoms with Gasteiger partial charge in [0.25, 0.3) is 5.91 Å². The van der Waals surface area contributed by atoms with Crippen LogP contribution in [0.15, 0.2) is 23.1 Å². The van der Waals surface area contributed by atoms with Gasteiger partial charge in [-0.15, -0.1) is 0 Å². The largest absolute Gasteiger partial charge is 0.349 e. The third kappa shape index (κ3) is 3.19. The number of hydrogen-bond donors (Lipinski definition) is 2. The fraction of sp³-hybridized carbons (Fsp3) is 0.455. The van der Waals surface area contributed by atoms with Gasteiger partial charge in [0.2, 0.25) is 5.56 Å². The number of sulfone groups is 1. The van der Waals surface area contributed by atoms with Gasteiger partial charge in [-0.05, 0) is 18.9 Å². The van der Waals surface area contributed by atoms with Crippen molar-refractivity contribution < 1.29 is 13.2 Å². The fourth-order valence-electron chi connectivity index (χ4n) is 1.89. The molecule has 0 aliphatic carbocycles. The predicted molar refractivity (Wildman–Crippen MR) is 66.2 cm³/mol. The van der Waals surface area contributed by atoms with Gasteiger partial charge in [-0.2, -0.15) is 0 Å². The topological polar surface area (TPSA) is 96.1 Å². The van der Waals surface area contributed by atoms with Gasteiger partial charge in [0.05, 0.1) is 11.5 Å². The van der Waals surface area contributed by atoms with Crippen LogP contribution >= 0.6 is 0 Å². The summed E-state index contributed by atoms with van der Waals surface area (Å²) >= 11 is 0. The van der Waals surface area contributed by atoms with Crippen molar-refractivity contribution in [3.05, 3.63) is 34.2 Å². The molecule has 98 valence electrons. The highest BCUT2D eigenvalue weighted by atomic mass is 32.2. The molecule has 7 heteroatoms. The van der Waals surface area contributed by atoms with E-state index >= 15 is 0 Å². The maximum Gasteiger partial charge on any atom is 0.251 e. The summed E-state index contributed by atoms with van der Waals surface area (Å²) in [4.78, 5) is 25.3. The molecule has 6 nitrogen and oxygen atoms in total. The number of amides is 1. The number of carbonyl (C=O) groups excluding carboxylic acids is 1. The lowest BCUT2D eigenvalue weighted by atomic mass is 10.1. The maximum atomic E-state index is 11.8. The van der Waals surface area contributed by atoms with Crippen molar-refractivity contribution in [2.75, 3.05) is 11.5 Å². The molecule has 0 atom stereocenters. The van der Waals surface area contributed by atoms with Gasteiger partial charge in [-0.1, -0.05) is 0 Å². The van der Waals surface area contributed by atoms with E-state index in [4.69, 9.17) is 0 Å². The van der Waals surface area contributed by atoms with Crippen LogP contribution in [-0.4, -0.2) is 36.9 Å². The lowest BCUT2D eigenvalue weighted by molar-refractivity contribution is 0.0934. The van der Waals surface area contributed by atoms with Crippen molar-refractivity contribution in [2.24, 2.45) is 0 Å². The molecule has 1 aliphatic rings. The van der Waals surface area contributed by atoms with Crippen molar-refractivity contribution in [3.63, 3.8) is 0 Å². The Hall–Kier alpha value is -1.63. The zero-order valence-electron chi connectivity index (χ0n) is 9.68. The molecule has 0 saturated carbocycles. The van der Waals surface area contributed by atoms with Gasteiger partial charge < -0.3 is 10.3 Å². The molecule has 0 bridgehead atoms. The SMILES string of the molecule is O=C(NC1CCS(=O)(=O)CC1)c1cc[nH]c(=O)c1. The Kier molecular flexibility index (Phi) is 3.51. The molecule has 0 aromatic carbocycles. The van der Waals surface area contributed by atoms with Crippen LogP contribution in [0, 0.1) is 0 Å². The van der Waals surface area contributed by atoms with E-state index in [9.17, 15) is 18.0 Å². The molecule has 1 aromatic heterocycles. The molecule has 1 aliphatic heterocycles. The van der Waals surface area contributed by atoms with Gasteiger partial charge in [0, 0.05) is 23.9 Å². The second kappa shape index (κ2) is 4.93. The van der Waals surface area contributed by atoms with E-state index in [1.807, 2.05) is 0 Å². The predicted octanol–water partition coefficient (Wildman–Crippen LogP) is -0.318. The summed E-state index contributed by atoms with van der Waals surface area (Å²) in [7, 11) is -2.93. The summed E-state index contributed by atoms with van der Waals surface area (Å²) in [6, 6.07) is 2.59. The number of aromatic amines is 1. The van der Waals surface area contributed by atoms with Crippen LogP contribution < -0.4 is 10.9 Å². The first-order valence-electron chi connectivity index (χ1n) is 5.66. The zero-order valence-corrected chi connectivity index (χ0v) is 10.5. The third-order valence-electron chi connectivity index (χ3n) is 2.93. The number of aromatic nitrogens is 1. The molecule has 18 heavy (non-hydrogen) atoms. The normalized spacial score (nSPS) is 19.3. The molecular weight excluding hydrogens is 256 g/mol. The van der Waals surface area contributed by atoms with Gasteiger partial charge in [-0.3, -0.25) is 9.59 Å². The first kappa shape index (κ1) is 12.8. The van der Waals surface area contributed by atoms with E-state index in [-0.39, 0.29) is 34.6 Å². The molecule has 2 N–H and O–H groups in total. The highest BCUT2D eigenvalue weighted by Gasteiger charge is 2.24. The van der Waals surface area contributed by atoms with Crippen LogP contribution in [0.4, 0.5) is 0 Å². The van der Waals surface area contributed by atoms with Crippen molar-refractivity contribution in [1.29, 1.82) is 0 Å². The Bertz CT molecular complexity index is 591. The molecule has 1 fully saturated rings. The van der Waals surface area contributed by atoms with Crippen molar-refractivity contribution in [1.82, 2.24) is 10.3 Å². The molecule has 1 aromatic rings. The Morgan fingerprint density at radius 2 is 2.00 bits per heavy atom. The molecule has 1 saturated heterocycles. The first-order chi connectivity index (χ1) is 8.46. The molecular formula is C11H14N2O4S. The molecule has 1 amide bonds. The number of rotatable bonds is 2. The molecule has 2 heterocycles. The summed E-state index contributed by atoms with van der Waals surface area (Å²) in [5.74, 6) is -0.133. The number of nitrogens with one attached hydrogen (secondary N) is 2. The fourth-order valence-corrected chi connectivity index (χ4v) is 3.38. The third-order valence-corrected chi connectivity index (χ3v) is 4.64. The van der Waals surface area contributed by atoms with Gasteiger partial charge in [0.1, 0.15) is 9.84 Å². The Balaban J connectivity index is 1.99. The lowest BCUT2D eigenvalue weighted by Gasteiger charge is -2.22. The zero-order chi connectivity index (χ0) is 13.2. The minimum absolute atomic E-state index is 0.104. The molecule has 2 rings (SSSR count). The van der Waals surface area contributed by atoms with E-state index in [1.165, 1.54) is 18.3 Å². The quantitative estimate of drug-likeness (QED) is 0.770. The number of H-pyrrole nitrogens is 1. The van der Waals surface area contributed by atoms with Crippen molar-refractivity contribution >= 4 is 15.7 Å². The summed E-state index contributed by atoms with van der Waals surface area (Å²) in [6.45, 7) is 0. The number of hydrogen-bond acceptors (Lipinski definition) is 4. The number of pyridine rings is 1. The van der Waals surface area contributed by atoms with Crippen LogP contribution in [0.1, 0.15) is 23.2 Å². The maximum absolute atomic E-state index is 11.8. The summed E-state index contributed by atoms with van der Waals surface area (Å²) < 4.78 is 22.5. The molecule has 0 radical (unpaired) electrons. The van der Waals surface area contributed by atoms with E-state index < -0.39 is 9.84 Å². The standard InChI is InChI=1S/C11H14N2O4S/c14-10-7-8(1-4-12-10)11(15)13-9-2-5-18(16,17)6-3-9/h1,4,7,9H,2-3,5-6H2,(H,12,14)(H,13,15). The Labute approximate surface area is 104 Å². The van der Waals surface area contributed by atoms with Gasteiger partial charge in [0.15, 0.2) is 0 Å². The van der Waals surface area contributed by atoms with Crippen LogP contribution in [-0.2, 0) is 9.84 Å². The number of carbonyl (C=O) groups is 1. The molecule has 0 spiro atoms. The monoisotopic (exact) mass is 270 g/mol. The Morgan fingerprint density at radius 3 is 2.61 bits per heavy atom.